The second kappa shape index (κ2) is 8.28. The number of hydrogen-bond acceptors (Lipinski definition) is 7. The first-order valence-corrected chi connectivity index (χ1v) is 9.63. The summed E-state index contributed by atoms with van der Waals surface area (Å²) in [6.07, 6.45) is 2.55. The molecule has 0 spiro atoms. The number of anilines is 1. The molecule has 1 aromatic carbocycles. The van der Waals surface area contributed by atoms with Crippen LogP contribution in [0, 0.1) is 5.82 Å². The first-order chi connectivity index (χ1) is 13.6. The largest absolute Gasteiger partial charge is 0.476 e. The fraction of sp³-hybridized carbons (Fsp3) is 0.421. The minimum absolute atomic E-state index is 0.165. The van der Waals surface area contributed by atoms with Crippen LogP contribution in [0.15, 0.2) is 22.6 Å². The Labute approximate surface area is 166 Å². The number of halogens is 2. The number of benzene rings is 1. The van der Waals surface area contributed by atoms with Crippen LogP contribution in [-0.4, -0.2) is 40.8 Å². The Kier molecular flexibility index (Phi) is 5.59. The zero-order valence-electron chi connectivity index (χ0n) is 15.4. The number of nitrogens with one attached hydrogen (secondary N) is 1. The van der Waals surface area contributed by atoms with Crippen LogP contribution in [0.4, 0.5) is 10.3 Å². The van der Waals surface area contributed by atoms with Crippen molar-refractivity contribution in [1.82, 2.24) is 15.0 Å². The van der Waals surface area contributed by atoms with Crippen molar-refractivity contribution < 1.29 is 18.3 Å². The molecule has 28 heavy (non-hydrogen) atoms. The van der Waals surface area contributed by atoms with Gasteiger partial charge in [0.2, 0.25) is 17.7 Å². The first kappa shape index (κ1) is 18.9. The summed E-state index contributed by atoms with van der Waals surface area (Å²) < 4.78 is 30.6. The smallest absolute Gasteiger partial charge is 0.256 e. The number of ether oxygens (including phenoxy) is 2. The van der Waals surface area contributed by atoms with Crippen molar-refractivity contribution in [2.24, 2.45) is 0 Å². The van der Waals surface area contributed by atoms with Gasteiger partial charge in [0.25, 0.3) is 5.71 Å². The Morgan fingerprint density at radius 3 is 2.86 bits per heavy atom. The van der Waals surface area contributed by atoms with Gasteiger partial charge in [-0.25, -0.2) is 9.37 Å². The lowest BCUT2D eigenvalue weighted by atomic mass is 10.1. The lowest BCUT2D eigenvalue weighted by molar-refractivity contribution is 0.0903. The molecule has 1 fully saturated rings. The Hall–Kier alpha value is -2.45. The van der Waals surface area contributed by atoms with Crippen LogP contribution >= 0.6 is 11.6 Å². The zero-order valence-corrected chi connectivity index (χ0v) is 16.1. The van der Waals surface area contributed by atoms with E-state index in [4.69, 9.17) is 25.5 Å². The molecule has 1 aliphatic heterocycles. The molecule has 0 bridgehead atoms. The zero-order chi connectivity index (χ0) is 19.5. The molecule has 3 aromatic rings. The predicted molar refractivity (Wildman–Crippen MR) is 103 cm³/mol. The predicted octanol–water partition coefficient (Wildman–Crippen LogP) is 4.46. The summed E-state index contributed by atoms with van der Waals surface area (Å²) >= 11 is 6.18. The highest BCUT2D eigenvalue weighted by Gasteiger charge is 2.21. The van der Waals surface area contributed by atoms with Gasteiger partial charge in [-0.2, -0.15) is 9.97 Å². The fourth-order valence-electron chi connectivity index (χ4n) is 2.96. The Morgan fingerprint density at radius 1 is 1.25 bits per heavy atom. The summed E-state index contributed by atoms with van der Waals surface area (Å²) in [7, 11) is 0. The molecule has 0 atom stereocenters. The number of hydrogen-bond donors (Lipinski definition) is 1. The van der Waals surface area contributed by atoms with Gasteiger partial charge in [-0.1, -0.05) is 18.5 Å². The maximum atomic E-state index is 13.7. The SMILES string of the molecule is CCCOc1nc(NC2CCOCC2)nc2oc(-c3cc(F)ccc3Cl)nc12. The molecule has 0 aliphatic carbocycles. The van der Waals surface area contributed by atoms with Crippen LogP contribution in [0.5, 0.6) is 5.88 Å². The van der Waals surface area contributed by atoms with Crippen LogP contribution in [0.2, 0.25) is 5.02 Å². The lowest BCUT2D eigenvalue weighted by Crippen LogP contribution is -2.28. The second-order valence-electron chi connectivity index (χ2n) is 6.53. The maximum Gasteiger partial charge on any atom is 0.256 e. The van der Waals surface area contributed by atoms with Gasteiger partial charge in [0.1, 0.15) is 5.82 Å². The molecule has 9 heteroatoms. The van der Waals surface area contributed by atoms with E-state index in [9.17, 15) is 4.39 Å². The molecule has 148 valence electrons. The Balaban J connectivity index is 1.73. The number of aromatic nitrogens is 3. The quantitative estimate of drug-likeness (QED) is 0.647. The summed E-state index contributed by atoms with van der Waals surface area (Å²) in [5.41, 5.74) is 0.979. The molecule has 1 saturated heterocycles. The van der Waals surface area contributed by atoms with Crippen molar-refractivity contribution in [3.8, 4) is 17.3 Å². The van der Waals surface area contributed by atoms with Gasteiger partial charge >= 0.3 is 0 Å². The van der Waals surface area contributed by atoms with Crippen LogP contribution in [-0.2, 0) is 4.74 Å². The normalized spacial score (nSPS) is 15.1. The maximum absolute atomic E-state index is 13.7. The molecule has 1 N–H and O–H groups in total. The van der Waals surface area contributed by atoms with Crippen LogP contribution < -0.4 is 10.1 Å². The Morgan fingerprint density at radius 2 is 2.07 bits per heavy atom. The summed E-state index contributed by atoms with van der Waals surface area (Å²) in [6, 6.07) is 4.22. The van der Waals surface area contributed by atoms with Crippen LogP contribution in [0.1, 0.15) is 26.2 Å². The number of nitrogens with zero attached hydrogens (tertiary/aromatic N) is 3. The average Bonchev–Trinajstić information content (AvgIpc) is 3.13. The molecule has 3 heterocycles. The first-order valence-electron chi connectivity index (χ1n) is 9.25. The highest BCUT2D eigenvalue weighted by molar-refractivity contribution is 6.33. The van der Waals surface area contributed by atoms with E-state index in [-0.39, 0.29) is 17.6 Å². The van der Waals surface area contributed by atoms with E-state index in [1.165, 1.54) is 18.2 Å². The summed E-state index contributed by atoms with van der Waals surface area (Å²) in [6.45, 7) is 3.87. The molecule has 4 rings (SSSR count). The summed E-state index contributed by atoms with van der Waals surface area (Å²) in [4.78, 5) is 13.3. The summed E-state index contributed by atoms with van der Waals surface area (Å²) in [5.74, 6) is 0.456. The molecule has 1 aliphatic rings. The van der Waals surface area contributed by atoms with E-state index in [0.717, 1.165) is 19.3 Å². The van der Waals surface area contributed by atoms with Crippen molar-refractivity contribution in [3.63, 3.8) is 0 Å². The minimum atomic E-state index is -0.433. The molecular weight excluding hydrogens is 387 g/mol. The molecule has 7 nitrogen and oxygen atoms in total. The van der Waals surface area contributed by atoms with Crippen molar-refractivity contribution >= 4 is 28.8 Å². The number of fused-ring (bicyclic) bond motifs is 1. The monoisotopic (exact) mass is 406 g/mol. The summed E-state index contributed by atoms with van der Waals surface area (Å²) in [5, 5.41) is 3.63. The molecule has 0 saturated carbocycles. The third kappa shape index (κ3) is 4.02. The third-order valence-corrected chi connectivity index (χ3v) is 4.71. The second-order valence-corrected chi connectivity index (χ2v) is 6.94. The van der Waals surface area contributed by atoms with Gasteiger partial charge < -0.3 is 19.2 Å². The molecule has 0 amide bonds. The van der Waals surface area contributed by atoms with Crippen LogP contribution in [0.25, 0.3) is 22.7 Å². The van der Waals surface area contributed by atoms with Gasteiger partial charge in [-0.3, -0.25) is 0 Å². The van der Waals surface area contributed by atoms with Gasteiger partial charge in [0.05, 0.1) is 17.2 Å². The van der Waals surface area contributed by atoms with Crippen molar-refractivity contribution in [3.05, 3.63) is 29.0 Å². The lowest BCUT2D eigenvalue weighted by Gasteiger charge is -2.23. The number of rotatable bonds is 6. The average molecular weight is 407 g/mol. The highest BCUT2D eigenvalue weighted by Crippen LogP contribution is 2.33. The van der Waals surface area contributed by atoms with E-state index in [1.54, 1.807) is 0 Å². The van der Waals surface area contributed by atoms with Crippen molar-refractivity contribution in [2.75, 3.05) is 25.1 Å². The molecule has 2 aromatic heterocycles. The van der Waals surface area contributed by atoms with E-state index in [0.29, 0.717) is 47.8 Å². The third-order valence-electron chi connectivity index (χ3n) is 4.38. The van der Waals surface area contributed by atoms with Gasteiger partial charge in [-0.15, -0.1) is 0 Å². The molecule has 0 unspecified atom stereocenters. The van der Waals surface area contributed by atoms with E-state index < -0.39 is 5.82 Å². The minimum Gasteiger partial charge on any atom is -0.476 e. The van der Waals surface area contributed by atoms with Gasteiger partial charge in [0, 0.05) is 19.3 Å². The van der Waals surface area contributed by atoms with E-state index >= 15 is 0 Å². The van der Waals surface area contributed by atoms with E-state index in [1.807, 2.05) is 6.92 Å². The highest BCUT2D eigenvalue weighted by atomic mass is 35.5. The van der Waals surface area contributed by atoms with Crippen molar-refractivity contribution in [2.45, 2.75) is 32.2 Å². The molecule has 0 radical (unpaired) electrons. The van der Waals surface area contributed by atoms with Gasteiger partial charge in [0.15, 0.2) is 5.52 Å². The molecular formula is C19H20ClFN4O3. The van der Waals surface area contributed by atoms with Crippen molar-refractivity contribution in [1.29, 1.82) is 0 Å². The standard InChI is InChI=1S/C19H20ClFN4O3/c1-2-7-27-17-15-18(25-19(24-17)22-12-5-8-26-9-6-12)28-16(23-15)13-10-11(21)3-4-14(13)20/h3-4,10,12H,2,5-9H2,1H3,(H,22,24,25). The fourth-order valence-corrected chi connectivity index (χ4v) is 3.16. The Bertz CT molecular complexity index is 975. The van der Waals surface area contributed by atoms with Gasteiger partial charge in [-0.05, 0) is 37.5 Å². The number of oxazole rings is 1. The topological polar surface area (TPSA) is 82.3 Å². The van der Waals surface area contributed by atoms with E-state index in [2.05, 4.69) is 20.3 Å². The van der Waals surface area contributed by atoms with Crippen LogP contribution in [0.3, 0.4) is 0 Å².